The van der Waals surface area contributed by atoms with Crippen LogP contribution in [0.1, 0.15) is 42.1 Å². The second kappa shape index (κ2) is 7.78. The SMILES string of the molecule is O=C(Cn1nc(C(F)F)c(Br)c1C1CC1)Nc1ncn(Cc2ccccc2)n1. The van der Waals surface area contributed by atoms with Crippen molar-refractivity contribution in [3.05, 3.63) is 58.1 Å². The van der Waals surface area contributed by atoms with E-state index in [1.54, 1.807) is 4.68 Å². The molecule has 0 spiro atoms. The van der Waals surface area contributed by atoms with Crippen LogP contribution in [0, 0.1) is 0 Å². The first-order valence-electron chi connectivity index (χ1n) is 8.78. The van der Waals surface area contributed by atoms with Crippen LogP contribution in [0.2, 0.25) is 0 Å². The van der Waals surface area contributed by atoms with Gasteiger partial charge in [0, 0.05) is 5.92 Å². The fraction of sp³-hybridized carbons (Fsp3) is 0.333. The average molecular weight is 451 g/mol. The first-order chi connectivity index (χ1) is 13.5. The van der Waals surface area contributed by atoms with Gasteiger partial charge in [0.05, 0.1) is 16.7 Å². The van der Waals surface area contributed by atoms with Gasteiger partial charge in [-0.3, -0.25) is 14.8 Å². The number of nitrogens with one attached hydrogen (secondary N) is 1. The average Bonchev–Trinajstić information content (AvgIpc) is 3.31. The Morgan fingerprint density at radius 2 is 2.00 bits per heavy atom. The summed E-state index contributed by atoms with van der Waals surface area (Å²) in [4.78, 5) is 16.4. The molecule has 2 heterocycles. The lowest BCUT2D eigenvalue weighted by Gasteiger charge is -2.06. The van der Waals surface area contributed by atoms with Crippen molar-refractivity contribution in [2.24, 2.45) is 0 Å². The van der Waals surface area contributed by atoms with Crippen LogP contribution in [0.4, 0.5) is 14.7 Å². The van der Waals surface area contributed by atoms with Crippen LogP contribution in [0.25, 0.3) is 0 Å². The Morgan fingerprint density at radius 3 is 2.68 bits per heavy atom. The van der Waals surface area contributed by atoms with E-state index < -0.39 is 12.3 Å². The number of anilines is 1. The maximum Gasteiger partial charge on any atom is 0.283 e. The Hall–Kier alpha value is -2.62. The predicted molar refractivity (Wildman–Crippen MR) is 101 cm³/mol. The minimum absolute atomic E-state index is 0.158. The molecule has 0 bridgehead atoms. The van der Waals surface area contributed by atoms with Crippen LogP contribution in [0.15, 0.2) is 41.1 Å². The van der Waals surface area contributed by atoms with Crippen molar-refractivity contribution in [1.82, 2.24) is 24.5 Å². The molecule has 0 saturated heterocycles. The maximum absolute atomic E-state index is 13.1. The molecule has 0 unspecified atom stereocenters. The number of hydrogen-bond donors (Lipinski definition) is 1. The molecule has 1 fully saturated rings. The van der Waals surface area contributed by atoms with Gasteiger partial charge in [-0.25, -0.2) is 18.4 Å². The summed E-state index contributed by atoms with van der Waals surface area (Å²) in [6.45, 7) is 0.351. The molecule has 2 aromatic heterocycles. The van der Waals surface area contributed by atoms with Crippen LogP contribution >= 0.6 is 15.9 Å². The van der Waals surface area contributed by atoms with Crippen molar-refractivity contribution < 1.29 is 13.6 Å². The minimum atomic E-state index is -2.70. The van der Waals surface area contributed by atoms with Gasteiger partial charge < -0.3 is 0 Å². The number of benzene rings is 1. The Morgan fingerprint density at radius 1 is 1.25 bits per heavy atom. The van der Waals surface area contributed by atoms with Gasteiger partial charge in [0.2, 0.25) is 11.9 Å². The highest BCUT2D eigenvalue weighted by Gasteiger charge is 2.34. The minimum Gasteiger partial charge on any atom is -0.292 e. The summed E-state index contributed by atoms with van der Waals surface area (Å²) >= 11 is 3.21. The van der Waals surface area contributed by atoms with Crippen LogP contribution < -0.4 is 5.32 Å². The molecule has 1 N–H and O–H groups in total. The van der Waals surface area contributed by atoms with Gasteiger partial charge in [-0.15, -0.1) is 5.10 Å². The molecule has 1 aliphatic carbocycles. The molecule has 1 aromatic carbocycles. The summed E-state index contributed by atoms with van der Waals surface area (Å²) in [5.74, 6) is -0.102. The van der Waals surface area contributed by atoms with Crippen molar-refractivity contribution >= 4 is 27.8 Å². The third-order valence-electron chi connectivity index (χ3n) is 4.40. The van der Waals surface area contributed by atoms with E-state index in [0.29, 0.717) is 16.7 Å². The van der Waals surface area contributed by atoms with Gasteiger partial charge in [-0.1, -0.05) is 30.3 Å². The first-order valence-corrected chi connectivity index (χ1v) is 9.58. The van der Waals surface area contributed by atoms with Gasteiger partial charge in [0.15, 0.2) is 0 Å². The second-order valence-corrected chi connectivity index (χ2v) is 7.41. The largest absolute Gasteiger partial charge is 0.292 e. The highest BCUT2D eigenvalue weighted by atomic mass is 79.9. The summed E-state index contributed by atoms with van der Waals surface area (Å²) in [5.41, 5.74) is 1.37. The summed E-state index contributed by atoms with van der Waals surface area (Å²) in [6.07, 6.45) is 0.629. The third-order valence-corrected chi connectivity index (χ3v) is 5.21. The Balaban J connectivity index is 1.43. The smallest absolute Gasteiger partial charge is 0.283 e. The zero-order valence-corrected chi connectivity index (χ0v) is 16.3. The number of nitrogens with zero attached hydrogens (tertiary/aromatic N) is 5. The van der Waals surface area contributed by atoms with Crippen molar-refractivity contribution in [1.29, 1.82) is 0 Å². The molecule has 0 aliphatic heterocycles. The zero-order chi connectivity index (χ0) is 19.7. The zero-order valence-electron chi connectivity index (χ0n) is 14.7. The molecule has 1 saturated carbocycles. The number of aromatic nitrogens is 5. The van der Waals surface area contributed by atoms with Gasteiger partial charge in [-0.2, -0.15) is 5.10 Å². The topological polar surface area (TPSA) is 77.6 Å². The van der Waals surface area contributed by atoms with E-state index in [2.05, 4.69) is 36.4 Å². The van der Waals surface area contributed by atoms with Crippen molar-refractivity contribution in [3.8, 4) is 0 Å². The van der Waals surface area contributed by atoms with Gasteiger partial charge in [0.25, 0.3) is 6.43 Å². The Labute approximate surface area is 167 Å². The van der Waals surface area contributed by atoms with E-state index in [0.717, 1.165) is 18.4 Å². The number of alkyl halides is 2. The number of halogens is 3. The quantitative estimate of drug-likeness (QED) is 0.594. The molecular formula is C18H17BrF2N6O. The van der Waals surface area contributed by atoms with Crippen LogP contribution in [0.5, 0.6) is 0 Å². The van der Waals surface area contributed by atoms with E-state index in [4.69, 9.17) is 0 Å². The molecule has 0 radical (unpaired) electrons. The fourth-order valence-corrected chi connectivity index (χ4v) is 3.76. The predicted octanol–water partition coefficient (Wildman–Crippen LogP) is 3.74. The number of carbonyl (C=O) groups is 1. The summed E-state index contributed by atoms with van der Waals surface area (Å²) in [6, 6.07) is 9.73. The molecule has 10 heteroatoms. The van der Waals surface area contributed by atoms with Crippen molar-refractivity contribution in [2.45, 2.75) is 38.3 Å². The molecule has 28 heavy (non-hydrogen) atoms. The number of carbonyl (C=O) groups excluding carboxylic acids is 1. The molecule has 1 aliphatic rings. The summed E-state index contributed by atoms with van der Waals surface area (Å²) in [7, 11) is 0. The fourth-order valence-electron chi connectivity index (χ4n) is 2.98. The molecule has 4 rings (SSSR count). The van der Waals surface area contributed by atoms with Gasteiger partial charge in [0.1, 0.15) is 18.6 Å². The van der Waals surface area contributed by atoms with Crippen LogP contribution in [0.3, 0.4) is 0 Å². The highest BCUT2D eigenvalue weighted by molar-refractivity contribution is 9.10. The van der Waals surface area contributed by atoms with Crippen LogP contribution in [-0.4, -0.2) is 30.5 Å². The molecule has 1 amide bonds. The Bertz CT molecular complexity index is 983. The third kappa shape index (κ3) is 4.11. The lowest BCUT2D eigenvalue weighted by atomic mass is 10.2. The number of hydrogen-bond acceptors (Lipinski definition) is 4. The molecule has 3 aromatic rings. The Kier molecular flexibility index (Phi) is 5.21. The normalized spacial score (nSPS) is 13.9. The van der Waals surface area contributed by atoms with Gasteiger partial charge >= 0.3 is 0 Å². The van der Waals surface area contributed by atoms with E-state index >= 15 is 0 Å². The lowest BCUT2D eigenvalue weighted by Crippen LogP contribution is -2.21. The standard InChI is InChI=1S/C18H17BrF2N6O/c19-14-15(17(20)21)24-27(16(14)12-6-7-12)9-13(28)23-18-22-10-26(25-18)8-11-4-2-1-3-5-11/h1-5,10,12,17H,6-9H2,(H,23,25,28). The summed E-state index contributed by atoms with van der Waals surface area (Å²) < 4.78 is 29.5. The highest BCUT2D eigenvalue weighted by Crippen LogP contribution is 2.45. The van der Waals surface area contributed by atoms with Crippen molar-refractivity contribution in [2.75, 3.05) is 5.32 Å². The first kappa shape index (κ1) is 18.7. The molecular weight excluding hydrogens is 434 g/mol. The van der Waals surface area contributed by atoms with Crippen molar-refractivity contribution in [3.63, 3.8) is 0 Å². The van der Waals surface area contributed by atoms with E-state index in [9.17, 15) is 13.6 Å². The number of rotatable bonds is 7. The van der Waals surface area contributed by atoms with E-state index in [1.165, 1.54) is 11.0 Å². The number of amides is 1. The monoisotopic (exact) mass is 450 g/mol. The summed E-state index contributed by atoms with van der Waals surface area (Å²) in [5, 5.41) is 10.7. The van der Waals surface area contributed by atoms with Gasteiger partial charge in [-0.05, 0) is 34.3 Å². The molecule has 7 nitrogen and oxygen atoms in total. The van der Waals surface area contributed by atoms with Crippen LogP contribution in [-0.2, 0) is 17.9 Å². The lowest BCUT2D eigenvalue weighted by molar-refractivity contribution is -0.117. The second-order valence-electron chi connectivity index (χ2n) is 6.62. The van der Waals surface area contributed by atoms with E-state index in [-0.39, 0.29) is 24.1 Å². The molecule has 146 valence electrons. The molecule has 0 atom stereocenters. The maximum atomic E-state index is 13.1. The van der Waals surface area contributed by atoms with E-state index in [1.807, 2.05) is 30.3 Å².